The monoisotopic (exact) mass is 364 g/mol. The van der Waals surface area contributed by atoms with Crippen LogP contribution in [-0.2, 0) is 4.79 Å². The summed E-state index contributed by atoms with van der Waals surface area (Å²) in [5.74, 6) is 2.04. The Morgan fingerprint density at radius 1 is 1.16 bits per heavy atom. The smallest absolute Gasteiger partial charge is 0.225 e. The molecule has 2 aliphatic rings. The fourth-order valence-electron chi connectivity index (χ4n) is 4.70. The Balaban J connectivity index is 0.00000225. The number of nitrogens with two attached hydrogens (primary N) is 1. The number of hydrogen-bond donors (Lipinski definition) is 1. The van der Waals surface area contributed by atoms with E-state index in [0.717, 1.165) is 25.4 Å². The van der Waals surface area contributed by atoms with Crippen molar-refractivity contribution in [3.05, 3.63) is 35.9 Å². The molecule has 0 aromatic heterocycles. The Kier molecular flexibility index (Phi) is 7.77. The van der Waals surface area contributed by atoms with Gasteiger partial charge in [-0.1, -0.05) is 69.4 Å². The summed E-state index contributed by atoms with van der Waals surface area (Å²) in [5, 5.41) is 0. The van der Waals surface area contributed by atoms with E-state index >= 15 is 0 Å². The molecule has 3 atom stereocenters. The molecule has 2 N–H and O–H groups in total. The second-order valence-electron chi connectivity index (χ2n) is 7.90. The standard InChI is InChI=1S/C21H32N2O.ClH/c1-16(12-17-8-4-2-5-9-17)21(24)23-14-19(13-22)20(15-23)18-10-6-3-7-11-18;/h3,6-7,10-11,16-17,19-20H,2,4-5,8-9,12-15,22H2,1H3;1H/t16?,19-,20+;/m1./s1. The fraction of sp³-hybridized carbons (Fsp3) is 0.667. The highest BCUT2D eigenvalue weighted by atomic mass is 35.5. The fourth-order valence-corrected chi connectivity index (χ4v) is 4.70. The molecule has 1 aromatic carbocycles. The Morgan fingerprint density at radius 2 is 1.84 bits per heavy atom. The van der Waals surface area contributed by atoms with Crippen molar-refractivity contribution < 1.29 is 4.79 Å². The van der Waals surface area contributed by atoms with Crippen LogP contribution in [0.4, 0.5) is 0 Å². The summed E-state index contributed by atoms with van der Waals surface area (Å²) in [7, 11) is 0. The lowest BCUT2D eigenvalue weighted by molar-refractivity contribution is -0.134. The van der Waals surface area contributed by atoms with Gasteiger partial charge in [-0.15, -0.1) is 12.4 Å². The maximum absolute atomic E-state index is 12.9. The van der Waals surface area contributed by atoms with E-state index in [1.54, 1.807) is 0 Å². The summed E-state index contributed by atoms with van der Waals surface area (Å²) in [6, 6.07) is 10.6. The van der Waals surface area contributed by atoms with Gasteiger partial charge in [-0.25, -0.2) is 0 Å². The lowest BCUT2D eigenvalue weighted by atomic mass is 9.83. The van der Waals surface area contributed by atoms with E-state index in [2.05, 4.69) is 36.1 Å². The molecule has 140 valence electrons. The molecule has 0 radical (unpaired) electrons. The predicted octanol–water partition coefficient (Wildman–Crippen LogP) is 4.22. The molecular formula is C21H33ClN2O. The molecular weight excluding hydrogens is 332 g/mol. The Labute approximate surface area is 158 Å². The topological polar surface area (TPSA) is 46.3 Å². The van der Waals surface area contributed by atoms with Crippen molar-refractivity contribution in [3.63, 3.8) is 0 Å². The van der Waals surface area contributed by atoms with Gasteiger partial charge in [0.25, 0.3) is 0 Å². The van der Waals surface area contributed by atoms with Gasteiger partial charge in [0.1, 0.15) is 0 Å². The highest BCUT2D eigenvalue weighted by molar-refractivity contribution is 5.85. The zero-order chi connectivity index (χ0) is 16.9. The van der Waals surface area contributed by atoms with Gasteiger partial charge < -0.3 is 10.6 Å². The average molecular weight is 365 g/mol. The second kappa shape index (κ2) is 9.59. The van der Waals surface area contributed by atoms with Crippen LogP contribution in [0.5, 0.6) is 0 Å². The van der Waals surface area contributed by atoms with E-state index in [-0.39, 0.29) is 18.3 Å². The number of halogens is 1. The van der Waals surface area contributed by atoms with Crippen molar-refractivity contribution in [1.29, 1.82) is 0 Å². The quantitative estimate of drug-likeness (QED) is 0.850. The minimum atomic E-state index is 0. The van der Waals surface area contributed by atoms with Crippen molar-refractivity contribution in [1.82, 2.24) is 4.90 Å². The van der Waals surface area contributed by atoms with Crippen molar-refractivity contribution >= 4 is 18.3 Å². The number of carbonyl (C=O) groups excluding carboxylic acids is 1. The SMILES string of the molecule is CC(CC1CCCCC1)C(=O)N1C[C@@H](CN)[C@H](c2ccccc2)C1.Cl. The summed E-state index contributed by atoms with van der Waals surface area (Å²) < 4.78 is 0. The number of carbonyl (C=O) groups is 1. The van der Waals surface area contributed by atoms with Gasteiger partial charge in [-0.05, 0) is 30.4 Å². The van der Waals surface area contributed by atoms with Gasteiger partial charge in [0, 0.05) is 24.9 Å². The molecule has 25 heavy (non-hydrogen) atoms. The predicted molar refractivity (Wildman–Crippen MR) is 106 cm³/mol. The van der Waals surface area contributed by atoms with Gasteiger partial charge in [0.05, 0.1) is 0 Å². The molecule has 1 aliphatic carbocycles. The minimum Gasteiger partial charge on any atom is -0.341 e. The van der Waals surface area contributed by atoms with Crippen LogP contribution in [0.25, 0.3) is 0 Å². The van der Waals surface area contributed by atoms with E-state index < -0.39 is 0 Å². The van der Waals surface area contributed by atoms with Crippen LogP contribution in [-0.4, -0.2) is 30.4 Å². The first-order chi connectivity index (χ1) is 11.7. The van der Waals surface area contributed by atoms with Crippen LogP contribution in [0, 0.1) is 17.8 Å². The Hall–Kier alpha value is -1.06. The number of amides is 1. The van der Waals surface area contributed by atoms with Crippen molar-refractivity contribution in [2.75, 3.05) is 19.6 Å². The molecule has 2 fully saturated rings. The van der Waals surface area contributed by atoms with Crippen LogP contribution < -0.4 is 5.73 Å². The maximum atomic E-state index is 12.9. The Morgan fingerprint density at radius 3 is 2.48 bits per heavy atom. The van der Waals surface area contributed by atoms with Crippen molar-refractivity contribution in [3.8, 4) is 0 Å². The summed E-state index contributed by atoms with van der Waals surface area (Å²) >= 11 is 0. The minimum absolute atomic E-state index is 0. The normalized spacial score (nSPS) is 25.4. The molecule has 1 unspecified atom stereocenters. The van der Waals surface area contributed by atoms with E-state index in [9.17, 15) is 4.79 Å². The van der Waals surface area contributed by atoms with Crippen LogP contribution in [0.3, 0.4) is 0 Å². The first-order valence-corrected chi connectivity index (χ1v) is 9.72. The number of hydrogen-bond acceptors (Lipinski definition) is 2. The zero-order valence-corrected chi connectivity index (χ0v) is 16.2. The largest absolute Gasteiger partial charge is 0.341 e. The summed E-state index contributed by atoms with van der Waals surface area (Å²) in [4.78, 5) is 15.0. The molecule has 3 nitrogen and oxygen atoms in total. The maximum Gasteiger partial charge on any atom is 0.225 e. The van der Waals surface area contributed by atoms with Gasteiger partial charge in [-0.3, -0.25) is 4.79 Å². The molecule has 1 amide bonds. The third-order valence-corrected chi connectivity index (χ3v) is 6.12. The molecule has 4 heteroatoms. The lowest BCUT2D eigenvalue weighted by Gasteiger charge is -2.27. The molecule has 1 saturated carbocycles. The molecule has 1 aromatic rings. The highest BCUT2D eigenvalue weighted by Crippen LogP contribution is 2.34. The summed E-state index contributed by atoms with van der Waals surface area (Å²) in [6.45, 7) is 4.44. The van der Waals surface area contributed by atoms with Crippen LogP contribution >= 0.6 is 12.4 Å². The molecule has 0 bridgehead atoms. The highest BCUT2D eigenvalue weighted by Gasteiger charge is 2.36. The van der Waals surface area contributed by atoms with E-state index in [0.29, 0.717) is 24.3 Å². The van der Waals surface area contributed by atoms with E-state index in [1.807, 2.05) is 6.07 Å². The Bertz CT molecular complexity index is 530. The third kappa shape index (κ3) is 4.98. The molecule has 1 heterocycles. The van der Waals surface area contributed by atoms with Crippen LogP contribution in [0.15, 0.2) is 30.3 Å². The number of rotatable bonds is 5. The first-order valence-electron chi connectivity index (χ1n) is 9.72. The lowest BCUT2D eigenvalue weighted by Crippen LogP contribution is -2.35. The summed E-state index contributed by atoms with van der Waals surface area (Å²) in [6.07, 6.45) is 7.77. The van der Waals surface area contributed by atoms with Gasteiger partial charge >= 0.3 is 0 Å². The summed E-state index contributed by atoms with van der Waals surface area (Å²) in [5.41, 5.74) is 7.33. The zero-order valence-electron chi connectivity index (χ0n) is 15.4. The second-order valence-corrected chi connectivity index (χ2v) is 7.90. The van der Waals surface area contributed by atoms with Crippen LogP contribution in [0.2, 0.25) is 0 Å². The van der Waals surface area contributed by atoms with Crippen molar-refractivity contribution in [2.24, 2.45) is 23.5 Å². The van der Waals surface area contributed by atoms with Crippen LogP contribution in [0.1, 0.15) is 56.9 Å². The molecule has 1 saturated heterocycles. The molecule has 1 aliphatic heterocycles. The first kappa shape index (κ1) is 20.3. The van der Waals surface area contributed by atoms with Crippen molar-refractivity contribution in [2.45, 2.75) is 51.4 Å². The third-order valence-electron chi connectivity index (χ3n) is 6.12. The van der Waals surface area contributed by atoms with Gasteiger partial charge in [0.15, 0.2) is 0 Å². The molecule has 0 spiro atoms. The van der Waals surface area contributed by atoms with E-state index in [1.165, 1.54) is 37.7 Å². The van der Waals surface area contributed by atoms with Gasteiger partial charge in [-0.2, -0.15) is 0 Å². The number of likely N-dealkylation sites (tertiary alicyclic amines) is 1. The van der Waals surface area contributed by atoms with E-state index in [4.69, 9.17) is 5.73 Å². The molecule has 3 rings (SSSR count). The average Bonchev–Trinajstić information content (AvgIpc) is 3.07. The number of benzene rings is 1. The van der Waals surface area contributed by atoms with Gasteiger partial charge in [0.2, 0.25) is 5.91 Å². The number of nitrogens with zero attached hydrogens (tertiary/aromatic N) is 1.